The Morgan fingerprint density at radius 1 is 0.805 bits per heavy atom. The van der Waals surface area contributed by atoms with Gasteiger partial charge in [0.1, 0.15) is 30.6 Å². The van der Waals surface area contributed by atoms with E-state index in [1.807, 2.05) is 91.0 Å². The first kappa shape index (κ1) is 27.0. The lowest BCUT2D eigenvalue weighted by molar-refractivity contribution is -0.181. The average Bonchev–Trinajstić information content (AvgIpc) is 3.39. The van der Waals surface area contributed by atoms with Crippen LogP contribution in [0.25, 0.3) is 22.3 Å². The molecule has 4 N–H and O–H groups in total. The molecule has 210 valence electrons. The molecule has 0 bridgehead atoms. The SMILES string of the molecule is O=C1OCC(c2ccc(-c3ccc(C4CC(O)[C@H](O)C(CO)O4)cc3)cc2O)N1c1ccc(-c2ccccc2)cc1. The third kappa shape index (κ3) is 5.30. The first-order chi connectivity index (χ1) is 19.9. The van der Waals surface area contributed by atoms with Crippen molar-refractivity contribution in [2.75, 3.05) is 18.1 Å². The van der Waals surface area contributed by atoms with Crippen molar-refractivity contribution in [2.45, 2.75) is 36.9 Å². The number of nitrogens with zero attached hydrogens (tertiary/aromatic N) is 1. The summed E-state index contributed by atoms with van der Waals surface area (Å²) in [4.78, 5) is 14.3. The molecule has 0 radical (unpaired) electrons. The second-order valence-corrected chi connectivity index (χ2v) is 10.4. The largest absolute Gasteiger partial charge is 0.508 e. The van der Waals surface area contributed by atoms with E-state index in [0.29, 0.717) is 11.3 Å². The molecule has 4 aromatic carbocycles. The van der Waals surface area contributed by atoms with Crippen molar-refractivity contribution in [1.29, 1.82) is 0 Å². The second kappa shape index (κ2) is 11.3. The molecule has 0 aliphatic carbocycles. The Kier molecular flexibility index (Phi) is 7.47. The first-order valence-electron chi connectivity index (χ1n) is 13.6. The quantitative estimate of drug-likeness (QED) is 0.266. The summed E-state index contributed by atoms with van der Waals surface area (Å²) in [5, 5.41) is 40.6. The van der Waals surface area contributed by atoms with Gasteiger partial charge < -0.3 is 29.9 Å². The van der Waals surface area contributed by atoms with E-state index in [-0.39, 0.29) is 25.4 Å². The van der Waals surface area contributed by atoms with Crippen LogP contribution in [-0.4, -0.2) is 58.0 Å². The smallest absolute Gasteiger partial charge is 0.415 e. The van der Waals surface area contributed by atoms with Gasteiger partial charge in [0.2, 0.25) is 0 Å². The minimum Gasteiger partial charge on any atom is -0.508 e. The number of anilines is 1. The molecule has 0 spiro atoms. The van der Waals surface area contributed by atoms with Gasteiger partial charge in [-0.15, -0.1) is 0 Å². The summed E-state index contributed by atoms with van der Waals surface area (Å²) in [6.07, 6.45) is -3.65. The van der Waals surface area contributed by atoms with Crippen molar-refractivity contribution in [3.63, 3.8) is 0 Å². The highest BCUT2D eigenvalue weighted by molar-refractivity contribution is 5.91. The molecule has 0 saturated carbocycles. The fraction of sp³-hybridized carbons (Fsp3) is 0.242. The molecule has 6 rings (SSSR count). The lowest BCUT2D eigenvalue weighted by atomic mass is 9.92. The number of rotatable bonds is 6. The monoisotopic (exact) mass is 553 g/mol. The van der Waals surface area contributed by atoms with Crippen molar-refractivity contribution >= 4 is 11.8 Å². The molecule has 8 nitrogen and oxygen atoms in total. The van der Waals surface area contributed by atoms with E-state index in [1.54, 1.807) is 11.0 Å². The number of aliphatic hydroxyl groups excluding tert-OH is 3. The average molecular weight is 554 g/mol. The maximum absolute atomic E-state index is 12.7. The van der Waals surface area contributed by atoms with Gasteiger partial charge in [-0.2, -0.15) is 0 Å². The Hall–Kier alpha value is -4.21. The highest BCUT2D eigenvalue weighted by Gasteiger charge is 2.38. The summed E-state index contributed by atoms with van der Waals surface area (Å²) in [7, 11) is 0. The van der Waals surface area contributed by atoms with Crippen LogP contribution in [0, 0.1) is 0 Å². The standard InChI is InChI=1S/C33H31NO7/c35-18-31-32(38)29(37)17-30(41-31)23-8-6-22(7-9-23)24-12-15-26(28(36)16-24)27-19-40-33(39)34(27)25-13-10-21(11-14-25)20-4-2-1-3-5-20/h1-16,27,29-32,35-38H,17-19H2/t27?,29?,30?,31?,32-/m0/s1. The Morgan fingerprint density at radius 2 is 1.44 bits per heavy atom. The normalized spacial score (nSPS) is 24.3. The maximum Gasteiger partial charge on any atom is 0.415 e. The number of carbonyl (C=O) groups is 1. The van der Waals surface area contributed by atoms with Crippen LogP contribution in [0.2, 0.25) is 0 Å². The fourth-order valence-corrected chi connectivity index (χ4v) is 5.60. The molecule has 0 aromatic heterocycles. The molecule has 8 heteroatoms. The summed E-state index contributed by atoms with van der Waals surface area (Å²) >= 11 is 0. The van der Waals surface area contributed by atoms with Crippen molar-refractivity contribution in [1.82, 2.24) is 0 Å². The van der Waals surface area contributed by atoms with Crippen LogP contribution >= 0.6 is 0 Å². The summed E-state index contributed by atoms with van der Waals surface area (Å²) in [5.41, 5.74) is 5.85. The molecule has 4 unspecified atom stereocenters. The minimum absolute atomic E-state index is 0.0549. The van der Waals surface area contributed by atoms with Gasteiger partial charge in [0.05, 0.1) is 18.8 Å². The lowest BCUT2D eigenvalue weighted by Gasteiger charge is -2.36. The van der Waals surface area contributed by atoms with E-state index in [4.69, 9.17) is 9.47 Å². The van der Waals surface area contributed by atoms with Gasteiger partial charge in [-0.3, -0.25) is 4.90 Å². The summed E-state index contributed by atoms with van der Waals surface area (Å²) in [5.74, 6) is 0.0549. The van der Waals surface area contributed by atoms with Crippen LogP contribution in [0.15, 0.2) is 97.1 Å². The molecule has 2 heterocycles. The predicted molar refractivity (Wildman–Crippen MR) is 153 cm³/mol. The second-order valence-electron chi connectivity index (χ2n) is 10.4. The number of benzene rings is 4. The van der Waals surface area contributed by atoms with E-state index in [2.05, 4.69) is 0 Å². The number of cyclic esters (lactones) is 1. The highest BCUT2D eigenvalue weighted by Crippen LogP contribution is 2.40. The first-order valence-corrected chi connectivity index (χ1v) is 13.6. The van der Waals surface area contributed by atoms with E-state index in [1.165, 1.54) is 0 Å². The molecule has 1 amide bonds. The zero-order valence-electron chi connectivity index (χ0n) is 22.2. The molecule has 2 saturated heterocycles. The Morgan fingerprint density at radius 3 is 2.12 bits per heavy atom. The van der Waals surface area contributed by atoms with Gasteiger partial charge >= 0.3 is 6.09 Å². The third-order valence-electron chi connectivity index (χ3n) is 7.88. The molecular formula is C33H31NO7. The van der Waals surface area contributed by atoms with Gasteiger partial charge in [-0.25, -0.2) is 4.79 Å². The highest BCUT2D eigenvalue weighted by atomic mass is 16.6. The van der Waals surface area contributed by atoms with Crippen LogP contribution in [-0.2, 0) is 9.47 Å². The minimum atomic E-state index is -1.12. The van der Waals surface area contributed by atoms with Crippen LogP contribution in [0.1, 0.15) is 29.7 Å². The number of hydrogen-bond donors (Lipinski definition) is 4. The van der Waals surface area contributed by atoms with Gasteiger partial charge in [0.15, 0.2) is 0 Å². The van der Waals surface area contributed by atoms with Crippen LogP contribution in [0.5, 0.6) is 5.75 Å². The topological polar surface area (TPSA) is 120 Å². The number of amides is 1. The molecule has 2 aliphatic rings. The molecule has 2 fully saturated rings. The number of aliphatic hydroxyl groups is 3. The number of aromatic hydroxyl groups is 1. The molecule has 5 atom stereocenters. The van der Waals surface area contributed by atoms with E-state index < -0.39 is 36.6 Å². The third-order valence-corrected chi connectivity index (χ3v) is 7.88. The van der Waals surface area contributed by atoms with Crippen LogP contribution in [0.3, 0.4) is 0 Å². The van der Waals surface area contributed by atoms with Gasteiger partial charge in [-0.1, -0.05) is 78.9 Å². The van der Waals surface area contributed by atoms with Gasteiger partial charge in [0.25, 0.3) is 0 Å². The van der Waals surface area contributed by atoms with E-state index in [0.717, 1.165) is 27.8 Å². The Bertz CT molecular complexity index is 1510. The molecule has 41 heavy (non-hydrogen) atoms. The zero-order valence-corrected chi connectivity index (χ0v) is 22.2. The zero-order chi connectivity index (χ0) is 28.5. The van der Waals surface area contributed by atoms with Crippen molar-refractivity contribution in [3.8, 4) is 28.0 Å². The number of hydrogen-bond acceptors (Lipinski definition) is 7. The van der Waals surface area contributed by atoms with E-state index in [9.17, 15) is 25.2 Å². The summed E-state index contributed by atoms with van der Waals surface area (Å²) < 4.78 is 11.2. The van der Waals surface area contributed by atoms with E-state index >= 15 is 0 Å². The molecular weight excluding hydrogens is 522 g/mol. The summed E-state index contributed by atoms with van der Waals surface area (Å²) in [6, 6.07) is 30.1. The van der Waals surface area contributed by atoms with Gasteiger partial charge in [0, 0.05) is 17.7 Å². The number of phenolic OH excluding ortho intramolecular Hbond substituents is 1. The molecule has 4 aromatic rings. The number of carbonyl (C=O) groups excluding carboxylic acids is 1. The lowest BCUT2D eigenvalue weighted by Crippen LogP contribution is -2.47. The Balaban J connectivity index is 1.20. The summed E-state index contributed by atoms with van der Waals surface area (Å²) in [6.45, 7) is -0.260. The van der Waals surface area contributed by atoms with Crippen molar-refractivity contribution < 1.29 is 34.7 Å². The van der Waals surface area contributed by atoms with Crippen molar-refractivity contribution in [2.24, 2.45) is 0 Å². The van der Waals surface area contributed by atoms with Crippen LogP contribution < -0.4 is 4.90 Å². The fourth-order valence-electron chi connectivity index (χ4n) is 5.60. The maximum atomic E-state index is 12.7. The van der Waals surface area contributed by atoms with Crippen molar-refractivity contribution in [3.05, 3.63) is 108 Å². The Labute approximate surface area is 237 Å². The number of ether oxygens (including phenoxy) is 2. The molecule has 2 aliphatic heterocycles. The predicted octanol–water partition coefficient (Wildman–Crippen LogP) is 4.97. The number of phenols is 1. The van der Waals surface area contributed by atoms with Gasteiger partial charge in [-0.05, 0) is 46.0 Å². The van der Waals surface area contributed by atoms with Crippen LogP contribution in [0.4, 0.5) is 10.5 Å².